The summed E-state index contributed by atoms with van der Waals surface area (Å²) in [4.78, 5) is 2.22. The quantitative estimate of drug-likeness (QED) is 0.815. The molecule has 0 amide bonds. The van der Waals surface area contributed by atoms with Crippen molar-refractivity contribution in [3.05, 3.63) is 18.2 Å². The normalized spacial score (nSPS) is 15.9. The summed E-state index contributed by atoms with van der Waals surface area (Å²) in [5.74, 6) is 2.30. The van der Waals surface area contributed by atoms with Gasteiger partial charge in [-0.2, -0.15) is 11.8 Å². The predicted molar refractivity (Wildman–Crippen MR) is 82.5 cm³/mol. The fourth-order valence-electron chi connectivity index (χ4n) is 1.83. The summed E-state index contributed by atoms with van der Waals surface area (Å²) in [6.07, 6.45) is 0. The number of fused-ring (bicyclic) bond motifs is 1. The lowest BCUT2D eigenvalue weighted by atomic mass is 10.3. The van der Waals surface area contributed by atoms with E-state index in [1.807, 2.05) is 30.0 Å². The molecule has 0 saturated carbocycles. The van der Waals surface area contributed by atoms with Crippen LogP contribution in [0.5, 0.6) is 0 Å². The highest BCUT2D eigenvalue weighted by molar-refractivity contribution is 7.99. The second-order valence-electron chi connectivity index (χ2n) is 3.99. The molecule has 7 heteroatoms. The third-order valence-corrected chi connectivity index (χ3v) is 4.80. The van der Waals surface area contributed by atoms with Crippen molar-refractivity contribution in [2.75, 3.05) is 29.9 Å². The minimum atomic E-state index is 0.804. The summed E-state index contributed by atoms with van der Waals surface area (Å²) >= 11 is 8.82. The highest BCUT2D eigenvalue weighted by Crippen LogP contribution is 2.20. The third kappa shape index (κ3) is 2.57. The van der Waals surface area contributed by atoms with Gasteiger partial charge in [-0.05, 0) is 41.9 Å². The van der Waals surface area contributed by atoms with Gasteiger partial charge in [0.15, 0.2) is 5.11 Å². The Morgan fingerprint density at radius 2 is 2.17 bits per heavy atom. The van der Waals surface area contributed by atoms with Gasteiger partial charge in [-0.1, -0.05) is 4.49 Å². The summed E-state index contributed by atoms with van der Waals surface area (Å²) in [5.41, 5.74) is 1.90. The number of nitrogens with one attached hydrogen (secondary N) is 1. The lowest BCUT2D eigenvalue weighted by Gasteiger charge is -2.29. The van der Waals surface area contributed by atoms with Crippen LogP contribution in [0.4, 0.5) is 5.69 Å². The van der Waals surface area contributed by atoms with Gasteiger partial charge in [-0.15, -0.1) is 5.10 Å². The van der Waals surface area contributed by atoms with Crippen molar-refractivity contribution >= 4 is 56.5 Å². The average molecular weight is 296 g/mol. The molecule has 94 valence electrons. The zero-order valence-corrected chi connectivity index (χ0v) is 12.1. The van der Waals surface area contributed by atoms with Crippen molar-refractivity contribution in [2.24, 2.45) is 0 Å². The molecule has 4 nitrogen and oxygen atoms in total. The van der Waals surface area contributed by atoms with Crippen LogP contribution in [0.15, 0.2) is 18.2 Å². The number of thioether (sulfide) groups is 1. The smallest absolute Gasteiger partial charge is 0.173 e. The lowest BCUT2D eigenvalue weighted by Crippen LogP contribution is -2.40. The summed E-state index contributed by atoms with van der Waals surface area (Å²) < 4.78 is 5.03. The molecule has 0 radical (unpaired) electrons. The summed E-state index contributed by atoms with van der Waals surface area (Å²) in [7, 11) is 0. The molecule has 18 heavy (non-hydrogen) atoms. The number of anilines is 1. The first-order valence-corrected chi connectivity index (χ1v) is 8.02. The van der Waals surface area contributed by atoms with E-state index in [9.17, 15) is 0 Å². The Bertz CT molecular complexity index is 562. The number of nitrogens with zero attached hydrogens (tertiary/aromatic N) is 3. The Morgan fingerprint density at radius 1 is 1.33 bits per heavy atom. The Labute approximate surface area is 119 Å². The largest absolute Gasteiger partial charge is 0.347 e. The number of hydrogen-bond acceptors (Lipinski definition) is 5. The van der Waals surface area contributed by atoms with Crippen LogP contribution in [0.2, 0.25) is 0 Å². The van der Waals surface area contributed by atoms with Crippen LogP contribution < -0.4 is 5.32 Å². The van der Waals surface area contributed by atoms with E-state index in [0.29, 0.717) is 0 Å². The summed E-state index contributed by atoms with van der Waals surface area (Å²) in [6.45, 7) is 2.05. The molecule has 3 rings (SSSR count). The fourth-order valence-corrected chi connectivity index (χ4v) is 3.57. The molecule has 0 bridgehead atoms. The maximum Gasteiger partial charge on any atom is 0.173 e. The Morgan fingerprint density at radius 3 is 3.00 bits per heavy atom. The molecular weight excluding hydrogens is 284 g/mol. The van der Waals surface area contributed by atoms with E-state index in [0.717, 1.165) is 45.6 Å². The monoisotopic (exact) mass is 296 g/mol. The standard InChI is InChI=1S/C11H12N4S3/c16-11(15-3-5-17-6-4-15)12-8-1-2-10-9(7-8)13-14-18-10/h1-2,7H,3-6H2,(H,12,16). The molecular formula is C11H12N4S3. The first-order valence-electron chi connectivity index (χ1n) is 5.69. The van der Waals surface area contributed by atoms with E-state index in [1.54, 1.807) is 0 Å². The molecule has 1 fully saturated rings. The Hall–Kier alpha value is -0.920. The van der Waals surface area contributed by atoms with Crippen molar-refractivity contribution in [2.45, 2.75) is 0 Å². The molecule has 2 heterocycles. The number of aromatic nitrogens is 2. The Balaban J connectivity index is 1.72. The second kappa shape index (κ2) is 5.38. The van der Waals surface area contributed by atoms with Crippen molar-refractivity contribution in [1.29, 1.82) is 0 Å². The van der Waals surface area contributed by atoms with E-state index in [-0.39, 0.29) is 0 Å². The van der Waals surface area contributed by atoms with Crippen molar-refractivity contribution in [3.63, 3.8) is 0 Å². The van der Waals surface area contributed by atoms with E-state index in [2.05, 4.69) is 19.8 Å². The van der Waals surface area contributed by atoms with Crippen LogP contribution in [0, 0.1) is 0 Å². The summed E-state index contributed by atoms with van der Waals surface area (Å²) in [6, 6.07) is 6.04. The highest BCUT2D eigenvalue weighted by atomic mass is 32.2. The van der Waals surface area contributed by atoms with Gasteiger partial charge < -0.3 is 10.2 Å². The molecule has 1 aromatic heterocycles. The lowest BCUT2D eigenvalue weighted by molar-refractivity contribution is 0.470. The van der Waals surface area contributed by atoms with Crippen molar-refractivity contribution in [3.8, 4) is 0 Å². The van der Waals surface area contributed by atoms with E-state index >= 15 is 0 Å². The number of benzene rings is 1. The van der Waals surface area contributed by atoms with E-state index < -0.39 is 0 Å². The van der Waals surface area contributed by atoms with Crippen molar-refractivity contribution in [1.82, 2.24) is 14.5 Å². The third-order valence-electron chi connectivity index (χ3n) is 2.80. The van der Waals surface area contributed by atoms with E-state index in [1.165, 1.54) is 11.5 Å². The zero-order valence-electron chi connectivity index (χ0n) is 9.63. The molecule has 1 aliphatic rings. The molecule has 1 aliphatic heterocycles. The van der Waals surface area contributed by atoms with Crippen LogP contribution in [0.25, 0.3) is 10.2 Å². The van der Waals surface area contributed by atoms with E-state index in [4.69, 9.17) is 12.2 Å². The molecule has 0 atom stereocenters. The first kappa shape index (κ1) is 12.1. The second-order valence-corrected chi connectivity index (χ2v) is 6.38. The number of rotatable bonds is 1. The molecule has 0 spiro atoms. The molecule has 1 N–H and O–H groups in total. The van der Waals surface area contributed by atoms with Gasteiger partial charge >= 0.3 is 0 Å². The maximum atomic E-state index is 5.43. The van der Waals surface area contributed by atoms with Gasteiger partial charge in [0.1, 0.15) is 5.52 Å². The topological polar surface area (TPSA) is 41.1 Å². The average Bonchev–Trinajstić information content (AvgIpc) is 2.87. The minimum Gasteiger partial charge on any atom is -0.347 e. The van der Waals surface area contributed by atoms with Gasteiger partial charge in [0, 0.05) is 30.3 Å². The first-order chi connectivity index (χ1) is 8.83. The highest BCUT2D eigenvalue weighted by Gasteiger charge is 2.13. The van der Waals surface area contributed by atoms with Crippen LogP contribution in [0.3, 0.4) is 0 Å². The summed E-state index contributed by atoms with van der Waals surface area (Å²) in [5, 5.41) is 8.15. The maximum absolute atomic E-state index is 5.43. The molecule has 1 aromatic carbocycles. The van der Waals surface area contributed by atoms with Gasteiger partial charge in [-0.25, -0.2) is 0 Å². The predicted octanol–water partition coefficient (Wildman–Crippen LogP) is 2.44. The molecule has 0 unspecified atom stereocenters. The molecule has 0 aliphatic carbocycles. The van der Waals surface area contributed by atoms with Crippen LogP contribution in [-0.4, -0.2) is 44.2 Å². The van der Waals surface area contributed by atoms with Gasteiger partial charge in [0.05, 0.1) is 4.70 Å². The number of hydrogen-bond donors (Lipinski definition) is 1. The van der Waals surface area contributed by atoms with Crippen LogP contribution in [0.1, 0.15) is 0 Å². The van der Waals surface area contributed by atoms with Crippen LogP contribution >= 0.6 is 35.5 Å². The minimum absolute atomic E-state index is 0.804. The van der Waals surface area contributed by atoms with Gasteiger partial charge in [0.25, 0.3) is 0 Å². The van der Waals surface area contributed by atoms with Crippen LogP contribution in [-0.2, 0) is 0 Å². The Kier molecular flexibility index (Phi) is 3.62. The molecule has 1 saturated heterocycles. The number of thiocarbonyl (C=S) groups is 1. The van der Waals surface area contributed by atoms with Gasteiger partial charge in [0.2, 0.25) is 0 Å². The SMILES string of the molecule is S=C(Nc1ccc2snnc2c1)N1CCSCC1. The fraction of sp³-hybridized carbons (Fsp3) is 0.364. The van der Waals surface area contributed by atoms with Crippen molar-refractivity contribution < 1.29 is 0 Å². The van der Waals surface area contributed by atoms with Gasteiger partial charge in [-0.3, -0.25) is 0 Å². The molecule has 2 aromatic rings. The zero-order chi connectivity index (χ0) is 12.4.